The molecule has 0 unspecified atom stereocenters. The Balaban J connectivity index is 1.82. The molecule has 0 aliphatic carbocycles. The van der Waals surface area contributed by atoms with E-state index in [9.17, 15) is 4.79 Å². The third kappa shape index (κ3) is 2.83. The Hall–Kier alpha value is -3.08. The zero-order valence-electron chi connectivity index (χ0n) is 11.9. The van der Waals surface area contributed by atoms with Crippen LogP contribution in [0.2, 0.25) is 0 Å². The highest BCUT2D eigenvalue weighted by Gasteiger charge is 2.18. The standard InChI is InChI=1S/C17H14N2O3/c1-21-14-9-7-13(8-10-14)19-17(20)16-15(18-11-22-16)12-5-3-2-4-6-12/h2-11H,1H3,(H,19,20). The zero-order valence-corrected chi connectivity index (χ0v) is 11.9. The Labute approximate surface area is 127 Å². The monoisotopic (exact) mass is 294 g/mol. The van der Waals surface area contributed by atoms with E-state index in [0.717, 1.165) is 11.3 Å². The van der Waals surface area contributed by atoms with Crippen LogP contribution < -0.4 is 10.1 Å². The summed E-state index contributed by atoms with van der Waals surface area (Å²) in [6, 6.07) is 16.5. The van der Waals surface area contributed by atoms with Crippen LogP contribution in [0.1, 0.15) is 10.6 Å². The van der Waals surface area contributed by atoms with Crippen LogP contribution in [0, 0.1) is 0 Å². The summed E-state index contributed by atoms with van der Waals surface area (Å²) in [7, 11) is 1.59. The SMILES string of the molecule is COc1ccc(NC(=O)c2ocnc2-c2ccccc2)cc1. The van der Waals surface area contributed by atoms with Gasteiger partial charge in [0.25, 0.3) is 5.91 Å². The first-order valence-corrected chi connectivity index (χ1v) is 6.72. The van der Waals surface area contributed by atoms with Crippen LogP contribution in [0.3, 0.4) is 0 Å². The van der Waals surface area contributed by atoms with Crippen LogP contribution >= 0.6 is 0 Å². The molecule has 0 radical (unpaired) electrons. The summed E-state index contributed by atoms with van der Waals surface area (Å²) < 4.78 is 10.3. The van der Waals surface area contributed by atoms with Gasteiger partial charge in [0.05, 0.1) is 7.11 Å². The Morgan fingerprint density at radius 2 is 1.82 bits per heavy atom. The minimum atomic E-state index is -0.346. The molecule has 1 heterocycles. The maximum Gasteiger partial charge on any atom is 0.293 e. The van der Waals surface area contributed by atoms with E-state index < -0.39 is 0 Å². The molecule has 0 aliphatic heterocycles. The zero-order chi connectivity index (χ0) is 15.4. The number of rotatable bonds is 4. The van der Waals surface area contributed by atoms with Crippen LogP contribution in [0.4, 0.5) is 5.69 Å². The summed E-state index contributed by atoms with van der Waals surface area (Å²) in [5.41, 5.74) is 2.00. The van der Waals surface area contributed by atoms with Crippen LogP contribution in [-0.4, -0.2) is 18.0 Å². The van der Waals surface area contributed by atoms with Crippen molar-refractivity contribution < 1.29 is 13.9 Å². The van der Waals surface area contributed by atoms with E-state index in [1.807, 2.05) is 30.3 Å². The van der Waals surface area contributed by atoms with E-state index in [2.05, 4.69) is 10.3 Å². The van der Waals surface area contributed by atoms with Crippen molar-refractivity contribution in [2.24, 2.45) is 0 Å². The van der Waals surface area contributed by atoms with Crippen molar-refractivity contribution in [3.63, 3.8) is 0 Å². The Morgan fingerprint density at radius 3 is 2.50 bits per heavy atom. The summed E-state index contributed by atoms with van der Waals surface area (Å²) in [6.45, 7) is 0. The van der Waals surface area contributed by atoms with Gasteiger partial charge in [0.1, 0.15) is 11.4 Å². The predicted molar refractivity (Wildman–Crippen MR) is 82.9 cm³/mol. The molecule has 0 fully saturated rings. The third-order valence-electron chi connectivity index (χ3n) is 3.17. The summed E-state index contributed by atoms with van der Waals surface area (Å²) in [5.74, 6) is 0.561. The van der Waals surface area contributed by atoms with Gasteiger partial charge in [-0.15, -0.1) is 0 Å². The van der Waals surface area contributed by atoms with Gasteiger partial charge in [-0.2, -0.15) is 0 Å². The number of nitrogens with zero attached hydrogens (tertiary/aromatic N) is 1. The van der Waals surface area contributed by atoms with Gasteiger partial charge < -0.3 is 14.5 Å². The second-order valence-electron chi connectivity index (χ2n) is 4.58. The molecule has 0 aliphatic rings. The average Bonchev–Trinajstić information content (AvgIpc) is 3.06. The van der Waals surface area contributed by atoms with Crippen LogP contribution in [-0.2, 0) is 0 Å². The average molecular weight is 294 g/mol. The molecular formula is C17H14N2O3. The highest BCUT2D eigenvalue weighted by molar-refractivity contribution is 6.05. The van der Waals surface area contributed by atoms with Crippen LogP contribution in [0.25, 0.3) is 11.3 Å². The molecule has 0 saturated heterocycles. The maximum absolute atomic E-state index is 12.3. The molecule has 110 valence electrons. The van der Waals surface area contributed by atoms with Crippen LogP contribution in [0.5, 0.6) is 5.75 Å². The molecule has 22 heavy (non-hydrogen) atoms. The molecule has 1 aromatic heterocycles. The van der Waals surface area contributed by atoms with E-state index in [1.54, 1.807) is 31.4 Å². The second-order valence-corrected chi connectivity index (χ2v) is 4.58. The van der Waals surface area contributed by atoms with Crippen molar-refractivity contribution in [3.8, 4) is 17.0 Å². The van der Waals surface area contributed by atoms with Gasteiger partial charge in [-0.05, 0) is 24.3 Å². The smallest absolute Gasteiger partial charge is 0.293 e. The molecule has 5 heteroatoms. The minimum absolute atomic E-state index is 0.182. The van der Waals surface area contributed by atoms with Gasteiger partial charge in [0.15, 0.2) is 6.39 Å². The molecule has 0 saturated carbocycles. The van der Waals surface area contributed by atoms with E-state index in [0.29, 0.717) is 11.4 Å². The number of anilines is 1. The topological polar surface area (TPSA) is 64.4 Å². The van der Waals surface area contributed by atoms with Crippen molar-refractivity contribution in [2.45, 2.75) is 0 Å². The summed E-state index contributed by atoms with van der Waals surface area (Å²) in [6.07, 6.45) is 1.27. The van der Waals surface area contributed by atoms with Crippen molar-refractivity contribution in [1.29, 1.82) is 0 Å². The van der Waals surface area contributed by atoms with Crippen LogP contribution in [0.15, 0.2) is 65.4 Å². The molecular weight excluding hydrogens is 280 g/mol. The lowest BCUT2D eigenvalue weighted by Gasteiger charge is -2.05. The van der Waals surface area contributed by atoms with Gasteiger partial charge >= 0.3 is 0 Å². The molecule has 3 rings (SSSR count). The van der Waals surface area contributed by atoms with Gasteiger partial charge in [0.2, 0.25) is 5.76 Å². The van der Waals surface area contributed by atoms with Crippen molar-refractivity contribution >= 4 is 11.6 Å². The third-order valence-corrected chi connectivity index (χ3v) is 3.17. The summed E-state index contributed by atoms with van der Waals surface area (Å²) in [4.78, 5) is 16.5. The number of benzene rings is 2. The number of carbonyl (C=O) groups excluding carboxylic acids is 1. The number of methoxy groups -OCH3 is 1. The van der Waals surface area contributed by atoms with Gasteiger partial charge in [-0.1, -0.05) is 30.3 Å². The maximum atomic E-state index is 12.3. The van der Waals surface area contributed by atoms with Gasteiger partial charge in [-0.25, -0.2) is 4.98 Å². The van der Waals surface area contributed by atoms with Crippen molar-refractivity contribution in [3.05, 3.63) is 66.8 Å². The van der Waals surface area contributed by atoms with E-state index in [1.165, 1.54) is 6.39 Å². The molecule has 2 aromatic carbocycles. The normalized spacial score (nSPS) is 10.2. The molecule has 1 amide bonds. The fourth-order valence-electron chi connectivity index (χ4n) is 2.07. The molecule has 3 aromatic rings. The van der Waals surface area contributed by atoms with E-state index in [4.69, 9.17) is 9.15 Å². The first kappa shape index (κ1) is 13.9. The number of carbonyl (C=O) groups is 1. The van der Waals surface area contributed by atoms with E-state index in [-0.39, 0.29) is 11.7 Å². The highest BCUT2D eigenvalue weighted by Crippen LogP contribution is 2.23. The largest absolute Gasteiger partial charge is 0.497 e. The predicted octanol–water partition coefficient (Wildman–Crippen LogP) is 3.60. The number of nitrogens with one attached hydrogen (secondary N) is 1. The lowest BCUT2D eigenvalue weighted by Crippen LogP contribution is -2.12. The quantitative estimate of drug-likeness (QED) is 0.798. The van der Waals surface area contributed by atoms with E-state index >= 15 is 0 Å². The first-order valence-electron chi connectivity index (χ1n) is 6.72. The Morgan fingerprint density at radius 1 is 1.09 bits per heavy atom. The van der Waals surface area contributed by atoms with Crippen molar-refractivity contribution in [1.82, 2.24) is 4.98 Å². The number of oxazole rings is 1. The Kier molecular flexibility index (Phi) is 3.87. The number of hydrogen-bond donors (Lipinski definition) is 1. The van der Waals surface area contributed by atoms with Gasteiger partial charge in [0, 0.05) is 11.3 Å². The molecule has 0 atom stereocenters. The number of amides is 1. The van der Waals surface area contributed by atoms with Gasteiger partial charge in [-0.3, -0.25) is 4.79 Å². The number of ether oxygens (including phenoxy) is 1. The fourth-order valence-corrected chi connectivity index (χ4v) is 2.07. The molecule has 0 spiro atoms. The minimum Gasteiger partial charge on any atom is -0.497 e. The Bertz CT molecular complexity index is 764. The molecule has 0 bridgehead atoms. The number of aromatic nitrogens is 1. The molecule has 5 nitrogen and oxygen atoms in total. The van der Waals surface area contributed by atoms with Crippen molar-refractivity contribution in [2.75, 3.05) is 12.4 Å². The number of hydrogen-bond acceptors (Lipinski definition) is 4. The summed E-state index contributed by atoms with van der Waals surface area (Å²) in [5, 5.41) is 2.78. The molecule has 1 N–H and O–H groups in total. The first-order chi connectivity index (χ1) is 10.8. The lowest BCUT2D eigenvalue weighted by atomic mass is 10.1. The summed E-state index contributed by atoms with van der Waals surface area (Å²) >= 11 is 0. The lowest BCUT2D eigenvalue weighted by molar-refractivity contribution is 0.0997. The highest BCUT2D eigenvalue weighted by atomic mass is 16.5. The fraction of sp³-hybridized carbons (Fsp3) is 0.0588. The second kappa shape index (κ2) is 6.13.